The van der Waals surface area contributed by atoms with Crippen LogP contribution in [0.3, 0.4) is 0 Å². The van der Waals surface area contributed by atoms with Gasteiger partial charge in [0.05, 0.1) is 12.7 Å². The zero-order valence-corrected chi connectivity index (χ0v) is 10.4. The van der Waals surface area contributed by atoms with Crippen molar-refractivity contribution in [3.63, 3.8) is 0 Å². The van der Waals surface area contributed by atoms with Gasteiger partial charge in [0.1, 0.15) is 0 Å². The maximum Gasteiger partial charge on any atom is 0.389 e. The minimum atomic E-state index is -4.12. The van der Waals surface area contributed by atoms with Gasteiger partial charge in [0.2, 0.25) is 0 Å². The van der Waals surface area contributed by atoms with Gasteiger partial charge in [-0.15, -0.1) is 0 Å². The van der Waals surface area contributed by atoms with Crippen molar-refractivity contribution in [3.8, 4) is 0 Å². The summed E-state index contributed by atoms with van der Waals surface area (Å²) in [5.74, 6) is 0.495. The van der Waals surface area contributed by atoms with Crippen LogP contribution < -0.4 is 5.32 Å². The average Bonchev–Trinajstić information content (AvgIpc) is 2.14. The summed E-state index contributed by atoms with van der Waals surface area (Å²) in [7, 11) is 0. The molecule has 17 heavy (non-hydrogen) atoms. The van der Waals surface area contributed by atoms with Crippen LogP contribution in [0.5, 0.6) is 0 Å². The monoisotopic (exact) mass is 257 g/mol. The van der Waals surface area contributed by atoms with Gasteiger partial charge in [0, 0.05) is 19.6 Å². The number of hydrogen-bond donors (Lipinski definition) is 2. The molecular formula is C11H22F3NO2. The number of rotatable bonds is 9. The predicted molar refractivity (Wildman–Crippen MR) is 59.8 cm³/mol. The van der Waals surface area contributed by atoms with Crippen molar-refractivity contribution in [2.75, 3.05) is 26.3 Å². The lowest BCUT2D eigenvalue weighted by molar-refractivity contribution is -0.138. The fraction of sp³-hybridized carbons (Fsp3) is 1.00. The summed E-state index contributed by atoms with van der Waals surface area (Å²) in [5.41, 5.74) is 0. The molecule has 0 aromatic carbocycles. The van der Waals surface area contributed by atoms with Crippen molar-refractivity contribution in [2.45, 2.75) is 39.0 Å². The maximum atomic E-state index is 11.8. The van der Waals surface area contributed by atoms with E-state index in [1.54, 1.807) is 0 Å². The summed E-state index contributed by atoms with van der Waals surface area (Å²) in [6.07, 6.45) is -5.69. The Labute approximate surface area is 100 Å². The molecule has 104 valence electrons. The molecule has 0 aliphatic carbocycles. The lowest BCUT2D eigenvalue weighted by Crippen LogP contribution is -2.32. The second-order valence-electron chi connectivity index (χ2n) is 4.50. The second-order valence-corrected chi connectivity index (χ2v) is 4.50. The van der Waals surface area contributed by atoms with Crippen LogP contribution in [-0.2, 0) is 4.74 Å². The van der Waals surface area contributed by atoms with Crippen LogP contribution >= 0.6 is 0 Å². The van der Waals surface area contributed by atoms with Crippen LogP contribution in [0.4, 0.5) is 13.2 Å². The van der Waals surface area contributed by atoms with Crippen molar-refractivity contribution in [2.24, 2.45) is 5.92 Å². The van der Waals surface area contributed by atoms with Gasteiger partial charge in [-0.2, -0.15) is 13.2 Å². The van der Waals surface area contributed by atoms with Crippen molar-refractivity contribution in [1.82, 2.24) is 5.32 Å². The van der Waals surface area contributed by atoms with Crippen molar-refractivity contribution in [1.29, 1.82) is 0 Å². The molecule has 3 nitrogen and oxygen atoms in total. The first-order valence-electron chi connectivity index (χ1n) is 5.84. The summed E-state index contributed by atoms with van der Waals surface area (Å²) in [4.78, 5) is 0. The third-order valence-electron chi connectivity index (χ3n) is 1.99. The molecule has 0 aromatic rings. The molecule has 0 radical (unpaired) electrons. The van der Waals surface area contributed by atoms with E-state index in [-0.39, 0.29) is 19.6 Å². The Morgan fingerprint density at radius 2 is 1.88 bits per heavy atom. The molecule has 0 bridgehead atoms. The summed E-state index contributed by atoms with van der Waals surface area (Å²) < 4.78 is 40.3. The minimum absolute atomic E-state index is 0.0285. The molecule has 0 amide bonds. The first-order chi connectivity index (χ1) is 7.81. The van der Waals surface area contributed by atoms with Gasteiger partial charge in [-0.1, -0.05) is 13.8 Å². The molecule has 0 aliphatic rings. The number of hydrogen-bond acceptors (Lipinski definition) is 3. The standard InChI is InChI=1S/C11H22F3NO2/c1-9(2)6-15-7-10(16)8-17-5-3-4-11(12,13)14/h9-10,15-16H,3-8H2,1-2H3. The van der Waals surface area contributed by atoms with E-state index < -0.39 is 18.7 Å². The Morgan fingerprint density at radius 1 is 1.24 bits per heavy atom. The highest BCUT2D eigenvalue weighted by molar-refractivity contribution is 4.60. The SMILES string of the molecule is CC(C)CNCC(O)COCCCC(F)(F)F. The lowest BCUT2D eigenvalue weighted by atomic mass is 10.2. The highest BCUT2D eigenvalue weighted by Gasteiger charge is 2.25. The molecule has 1 unspecified atom stereocenters. The van der Waals surface area contributed by atoms with Crippen molar-refractivity contribution < 1.29 is 23.0 Å². The van der Waals surface area contributed by atoms with E-state index in [0.29, 0.717) is 12.5 Å². The van der Waals surface area contributed by atoms with Crippen LogP contribution in [0.15, 0.2) is 0 Å². The lowest BCUT2D eigenvalue weighted by Gasteiger charge is -2.13. The van der Waals surface area contributed by atoms with Gasteiger partial charge >= 0.3 is 6.18 Å². The molecular weight excluding hydrogens is 235 g/mol. The van der Waals surface area contributed by atoms with Crippen LogP contribution in [0.2, 0.25) is 0 Å². The molecule has 0 rings (SSSR count). The molecule has 1 atom stereocenters. The Morgan fingerprint density at radius 3 is 2.41 bits per heavy atom. The molecule has 6 heteroatoms. The number of aliphatic hydroxyl groups excluding tert-OH is 1. The van der Waals surface area contributed by atoms with E-state index in [9.17, 15) is 18.3 Å². The van der Waals surface area contributed by atoms with E-state index in [1.807, 2.05) is 13.8 Å². The van der Waals surface area contributed by atoms with Gasteiger partial charge in [-0.05, 0) is 18.9 Å². The van der Waals surface area contributed by atoms with Crippen molar-refractivity contribution in [3.05, 3.63) is 0 Å². The topological polar surface area (TPSA) is 41.5 Å². The zero-order valence-electron chi connectivity index (χ0n) is 10.4. The number of ether oxygens (including phenoxy) is 1. The highest BCUT2D eigenvalue weighted by atomic mass is 19.4. The predicted octanol–water partition coefficient (Wildman–Crippen LogP) is 1.95. The van der Waals surface area contributed by atoms with E-state index in [0.717, 1.165) is 6.54 Å². The number of alkyl halides is 3. The molecule has 0 fully saturated rings. The number of nitrogens with one attached hydrogen (secondary N) is 1. The van der Waals surface area contributed by atoms with Gasteiger partial charge in [0.15, 0.2) is 0 Å². The Kier molecular flexibility index (Phi) is 8.55. The number of halogens is 3. The summed E-state index contributed by atoms with van der Waals surface area (Å²) >= 11 is 0. The van der Waals surface area contributed by atoms with Crippen LogP contribution in [0, 0.1) is 5.92 Å². The largest absolute Gasteiger partial charge is 0.389 e. The molecule has 0 saturated carbocycles. The van der Waals surface area contributed by atoms with E-state index in [4.69, 9.17) is 4.74 Å². The molecule has 0 saturated heterocycles. The quantitative estimate of drug-likeness (QED) is 0.620. The third kappa shape index (κ3) is 13.6. The second kappa shape index (κ2) is 8.72. The molecule has 0 spiro atoms. The van der Waals surface area contributed by atoms with Crippen molar-refractivity contribution >= 4 is 0 Å². The summed E-state index contributed by atoms with van der Waals surface area (Å²) in [6, 6.07) is 0. The van der Waals surface area contributed by atoms with E-state index in [2.05, 4.69) is 5.32 Å². The summed E-state index contributed by atoms with van der Waals surface area (Å²) in [6.45, 7) is 5.40. The van der Waals surface area contributed by atoms with Gasteiger partial charge in [-0.3, -0.25) is 0 Å². The zero-order chi connectivity index (χ0) is 13.3. The Balaban J connectivity index is 3.30. The van der Waals surface area contributed by atoms with E-state index >= 15 is 0 Å². The normalized spacial score (nSPS) is 14.3. The van der Waals surface area contributed by atoms with Gasteiger partial charge in [0.25, 0.3) is 0 Å². The first kappa shape index (κ1) is 16.7. The fourth-order valence-electron chi connectivity index (χ4n) is 1.19. The van der Waals surface area contributed by atoms with Gasteiger partial charge in [-0.25, -0.2) is 0 Å². The van der Waals surface area contributed by atoms with Crippen LogP contribution in [0.25, 0.3) is 0 Å². The van der Waals surface area contributed by atoms with E-state index in [1.165, 1.54) is 0 Å². The maximum absolute atomic E-state index is 11.8. The summed E-state index contributed by atoms with van der Waals surface area (Å²) in [5, 5.41) is 12.5. The minimum Gasteiger partial charge on any atom is -0.389 e. The molecule has 2 N–H and O–H groups in total. The van der Waals surface area contributed by atoms with Crippen LogP contribution in [-0.4, -0.2) is 43.7 Å². The molecule has 0 aliphatic heterocycles. The Bertz CT molecular complexity index is 186. The average molecular weight is 257 g/mol. The van der Waals surface area contributed by atoms with Crippen LogP contribution in [0.1, 0.15) is 26.7 Å². The highest BCUT2D eigenvalue weighted by Crippen LogP contribution is 2.20. The Hall–Kier alpha value is -0.330. The first-order valence-corrected chi connectivity index (χ1v) is 5.84. The molecule has 0 aromatic heterocycles. The number of aliphatic hydroxyl groups is 1. The molecule has 0 heterocycles. The smallest absolute Gasteiger partial charge is 0.389 e. The fourth-order valence-corrected chi connectivity index (χ4v) is 1.19. The van der Waals surface area contributed by atoms with Gasteiger partial charge < -0.3 is 15.2 Å². The third-order valence-corrected chi connectivity index (χ3v) is 1.99.